The highest BCUT2D eigenvalue weighted by atomic mass is 16.6. The van der Waals surface area contributed by atoms with Crippen LogP contribution in [0.4, 0.5) is 32.5 Å². The monoisotopic (exact) mass is 770 g/mol. The van der Waals surface area contributed by atoms with Crippen molar-refractivity contribution < 1.29 is 28.5 Å². The quantitative estimate of drug-likeness (QED) is 0.107. The van der Waals surface area contributed by atoms with E-state index >= 15 is 0 Å². The van der Waals surface area contributed by atoms with Crippen LogP contribution in [-0.2, 0) is 9.47 Å². The van der Waals surface area contributed by atoms with Crippen molar-refractivity contribution in [2.75, 3.05) is 22.1 Å². The summed E-state index contributed by atoms with van der Waals surface area (Å²) >= 11 is 0. The Labute approximate surface area is 327 Å². The van der Waals surface area contributed by atoms with Gasteiger partial charge < -0.3 is 35.4 Å². The summed E-state index contributed by atoms with van der Waals surface area (Å²) in [4.78, 5) is 50.7. The normalized spacial score (nSPS) is 11.3. The van der Waals surface area contributed by atoms with Crippen molar-refractivity contribution in [2.45, 2.75) is 52.7 Å². The van der Waals surface area contributed by atoms with Gasteiger partial charge in [0.1, 0.15) is 39.7 Å². The van der Waals surface area contributed by atoms with Gasteiger partial charge in [0.2, 0.25) is 0 Å². The summed E-state index contributed by atoms with van der Waals surface area (Å²) in [6.07, 6.45) is 3.20. The molecule has 3 aromatic heterocycles. The molecule has 292 valence electrons. The van der Waals surface area contributed by atoms with E-state index in [9.17, 15) is 14.4 Å². The number of carbonyl (C=O) groups is 2. The van der Waals surface area contributed by atoms with Gasteiger partial charge in [-0.05, 0) is 65.8 Å². The number of aromatic amines is 1. The van der Waals surface area contributed by atoms with E-state index in [-0.39, 0.29) is 17.1 Å². The molecule has 7 rings (SSSR count). The number of hydrogen-bond acceptors (Lipinski definition) is 12. The molecule has 4 aromatic carbocycles. The molecule has 0 spiro atoms. The van der Waals surface area contributed by atoms with E-state index < -0.39 is 23.4 Å². The van der Waals surface area contributed by atoms with Gasteiger partial charge in [-0.15, -0.1) is 0 Å². The number of anilines is 4. The van der Waals surface area contributed by atoms with Gasteiger partial charge in [0.25, 0.3) is 5.56 Å². The molecule has 0 aliphatic carbocycles. The van der Waals surface area contributed by atoms with Gasteiger partial charge in [0, 0.05) is 46.1 Å². The number of benzene rings is 4. The Hall–Kier alpha value is -7.42. The number of nitrogens with zero attached hydrogens (tertiary/aromatic N) is 3. The SMILES string of the molecule is CC(C)(C)OC(=O)Nc1ccc(Oc2ccnc(N)c2N)c2ccccc12.CC(C)(C)OC(=O)Nc1ccc(Oc2ccnc3[nH]c(=O)cnc23)c2ccccc12. The molecule has 0 atom stereocenters. The highest BCUT2D eigenvalue weighted by Crippen LogP contribution is 2.38. The number of nitrogen functional groups attached to an aromatic ring is 2. The molecular formula is C42H42N8O7. The smallest absolute Gasteiger partial charge is 0.412 e. The summed E-state index contributed by atoms with van der Waals surface area (Å²) in [6, 6.07) is 25.4. The van der Waals surface area contributed by atoms with E-state index in [1.807, 2.05) is 90.1 Å². The van der Waals surface area contributed by atoms with Crippen molar-refractivity contribution in [1.29, 1.82) is 0 Å². The molecule has 0 aliphatic rings. The molecule has 57 heavy (non-hydrogen) atoms. The lowest BCUT2D eigenvalue weighted by molar-refractivity contribution is 0.0624. The zero-order valence-electron chi connectivity index (χ0n) is 32.2. The van der Waals surface area contributed by atoms with Crippen LogP contribution in [0.2, 0.25) is 0 Å². The van der Waals surface area contributed by atoms with E-state index in [4.69, 9.17) is 30.4 Å². The van der Waals surface area contributed by atoms with Gasteiger partial charge in [-0.1, -0.05) is 48.5 Å². The number of fused-ring (bicyclic) bond motifs is 3. The molecule has 7 N–H and O–H groups in total. The lowest BCUT2D eigenvalue weighted by atomic mass is 10.1. The first-order chi connectivity index (χ1) is 27.0. The van der Waals surface area contributed by atoms with Crippen molar-refractivity contribution in [3.8, 4) is 23.0 Å². The number of nitrogens with one attached hydrogen (secondary N) is 3. The number of pyridine rings is 2. The summed E-state index contributed by atoms with van der Waals surface area (Å²) in [5.41, 5.74) is 12.4. The minimum absolute atomic E-state index is 0.208. The van der Waals surface area contributed by atoms with Gasteiger partial charge >= 0.3 is 12.2 Å². The third kappa shape index (κ3) is 9.82. The summed E-state index contributed by atoms with van der Waals surface area (Å²) in [5, 5.41) is 8.77. The zero-order chi connectivity index (χ0) is 40.9. The van der Waals surface area contributed by atoms with Crippen LogP contribution in [0.1, 0.15) is 41.5 Å². The van der Waals surface area contributed by atoms with Crippen molar-refractivity contribution in [2.24, 2.45) is 0 Å². The van der Waals surface area contributed by atoms with Gasteiger partial charge in [0.05, 0.1) is 17.6 Å². The fourth-order valence-electron chi connectivity index (χ4n) is 5.57. The lowest BCUT2D eigenvalue weighted by Crippen LogP contribution is -2.27. The molecule has 0 unspecified atom stereocenters. The van der Waals surface area contributed by atoms with E-state index in [1.54, 1.807) is 36.4 Å². The number of hydrogen-bond donors (Lipinski definition) is 5. The third-order valence-corrected chi connectivity index (χ3v) is 7.90. The van der Waals surface area contributed by atoms with E-state index in [1.165, 1.54) is 18.6 Å². The highest BCUT2D eigenvalue weighted by Gasteiger charge is 2.20. The number of aromatic nitrogens is 4. The Kier molecular flexibility index (Phi) is 11.1. The van der Waals surface area contributed by atoms with Crippen molar-refractivity contribution >= 4 is 67.8 Å². The van der Waals surface area contributed by atoms with Gasteiger partial charge in [0.15, 0.2) is 17.1 Å². The predicted octanol–water partition coefficient (Wildman–Crippen LogP) is 9.15. The van der Waals surface area contributed by atoms with Crippen LogP contribution in [0, 0.1) is 0 Å². The first kappa shape index (κ1) is 39.3. The summed E-state index contributed by atoms with van der Waals surface area (Å²) in [6.45, 7) is 10.9. The average molecular weight is 771 g/mol. The molecule has 0 bridgehead atoms. The minimum atomic E-state index is -0.598. The van der Waals surface area contributed by atoms with Crippen LogP contribution in [0.3, 0.4) is 0 Å². The van der Waals surface area contributed by atoms with Crippen molar-refractivity contribution in [3.05, 3.63) is 114 Å². The lowest BCUT2D eigenvalue weighted by Gasteiger charge is -2.20. The second kappa shape index (κ2) is 16.1. The third-order valence-electron chi connectivity index (χ3n) is 7.90. The molecule has 2 amide bonds. The first-order valence-corrected chi connectivity index (χ1v) is 17.8. The molecule has 7 aromatic rings. The second-order valence-electron chi connectivity index (χ2n) is 14.6. The minimum Gasteiger partial charge on any atom is -0.454 e. The van der Waals surface area contributed by atoms with Crippen LogP contribution in [0.25, 0.3) is 32.7 Å². The topological polar surface area (TPSA) is 219 Å². The van der Waals surface area contributed by atoms with Crippen LogP contribution in [-0.4, -0.2) is 43.3 Å². The molecule has 15 heteroatoms. The number of H-pyrrole nitrogens is 1. The molecule has 0 fully saturated rings. The number of nitrogens with two attached hydrogens (primary N) is 2. The number of ether oxygens (including phenoxy) is 4. The molecule has 15 nitrogen and oxygen atoms in total. The number of rotatable bonds is 6. The Balaban J connectivity index is 0.000000194. The van der Waals surface area contributed by atoms with Gasteiger partial charge in [-0.2, -0.15) is 0 Å². The predicted molar refractivity (Wildman–Crippen MR) is 221 cm³/mol. The van der Waals surface area contributed by atoms with Crippen LogP contribution >= 0.6 is 0 Å². The summed E-state index contributed by atoms with van der Waals surface area (Å²) < 4.78 is 22.7. The van der Waals surface area contributed by atoms with Gasteiger partial charge in [-0.3, -0.25) is 15.4 Å². The molecule has 0 saturated heterocycles. The molecular weight excluding hydrogens is 729 g/mol. The van der Waals surface area contributed by atoms with E-state index in [2.05, 4.69) is 30.6 Å². The van der Waals surface area contributed by atoms with Crippen LogP contribution < -0.4 is 37.1 Å². The maximum Gasteiger partial charge on any atom is 0.412 e. The first-order valence-electron chi connectivity index (χ1n) is 17.8. The van der Waals surface area contributed by atoms with Crippen LogP contribution in [0.5, 0.6) is 23.0 Å². The molecule has 0 aliphatic heterocycles. The fourth-order valence-corrected chi connectivity index (χ4v) is 5.57. The standard InChI is InChI=1S/C22H20N4O4.C20H22N4O3/c1-22(2,3)30-21(28)25-15-8-9-16(14-7-5-4-6-13(14)15)29-17-10-11-23-20-19(17)24-12-18(27)26-20;1-20(2,3)27-19(25)24-14-8-9-15(13-7-5-4-6-12(13)14)26-16-10-11-23-18(22)17(16)21/h4-12H,1-3H3,(H,25,28)(H,23,26,27);4-11H,21H2,1-3H3,(H2,22,23)(H,24,25). The Morgan fingerprint density at radius 2 is 1.07 bits per heavy atom. The summed E-state index contributed by atoms with van der Waals surface area (Å²) in [7, 11) is 0. The zero-order valence-corrected chi connectivity index (χ0v) is 32.2. The number of amides is 2. The second-order valence-corrected chi connectivity index (χ2v) is 14.6. The van der Waals surface area contributed by atoms with Crippen LogP contribution in [0.15, 0.2) is 108 Å². The maximum absolute atomic E-state index is 12.2. The van der Waals surface area contributed by atoms with Crippen molar-refractivity contribution in [1.82, 2.24) is 19.9 Å². The maximum atomic E-state index is 12.2. The highest BCUT2D eigenvalue weighted by molar-refractivity contribution is 6.04. The molecule has 0 radical (unpaired) electrons. The summed E-state index contributed by atoms with van der Waals surface area (Å²) in [5.74, 6) is 2.23. The Morgan fingerprint density at radius 1 is 0.596 bits per heavy atom. The fraction of sp³-hybridized carbons (Fsp3) is 0.190. The number of carbonyl (C=O) groups excluding carboxylic acids is 2. The van der Waals surface area contributed by atoms with E-state index in [0.717, 1.165) is 21.5 Å². The van der Waals surface area contributed by atoms with E-state index in [0.29, 0.717) is 45.5 Å². The van der Waals surface area contributed by atoms with Crippen molar-refractivity contribution in [3.63, 3.8) is 0 Å². The molecule has 0 saturated carbocycles. The average Bonchev–Trinajstić information content (AvgIpc) is 3.14. The van der Waals surface area contributed by atoms with Gasteiger partial charge in [-0.25, -0.2) is 24.5 Å². The molecule has 3 heterocycles. The largest absolute Gasteiger partial charge is 0.454 e. The Bertz CT molecular complexity index is 2670. The Morgan fingerprint density at radius 3 is 1.60 bits per heavy atom.